The number of nitrogens with zero attached hydrogens (tertiary/aromatic N) is 2. The highest BCUT2D eigenvalue weighted by atomic mass is 16.5. The fourth-order valence-electron chi connectivity index (χ4n) is 1.63. The molecular weight excluding hydrogens is 246 g/mol. The third-order valence-electron chi connectivity index (χ3n) is 2.51. The van der Waals surface area contributed by atoms with Crippen LogP contribution < -0.4 is 5.73 Å². The van der Waals surface area contributed by atoms with Crippen molar-refractivity contribution in [2.75, 3.05) is 40.1 Å². The Labute approximate surface area is 114 Å². The minimum atomic E-state index is 0.165. The van der Waals surface area contributed by atoms with Crippen LogP contribution in [0, 0.1) is 0 Å². The molecule has 6 heteroatoms. The molecule has 0 saturated heterocycles. The third-order valence-corrected chi connectivity index (χ3v) is 2.51. The smallest absolute Gasteiger partial charge is 0.0701 e. The Morgan fingerprint density at radius 1 is 1.21 bits per heavy atom. The van der Waals surface area contributed by atoms with Crippen LogP contribution >= 0.6 is 0 Å². The summed E-state index contributed by atoms with van der Waals surface area (Å²) >= 11 is 0. The van der Waals surface area contributed by atoms with Gasteiger partial charge in [0.1, 0.15) is 0 Å². The minimum Gasteiger partial charge on any atom is -0.382 e. The van der Waals surface area contributed by atoms with Crippen molar-refractivity contribution in [1.82, 2.24) is 9.78 Å². The second kappa shape index (κ2) is 9.91. The molecule has 0 fully saturated rings. The summed E-state index contributed by atoms with van der Waals surface area (Å²) in [5.74, 6) is 0. The average molecular weight is 271 g/mol. The maximum Gasteiger partial charge on any atom is 0.0701 e. The molecule has 0 spiro atoms. The lowest BCUT2D eigenvalue weighted by Gasteiger charge is -2.05. The molecule has 19 heavy (non-hydrogen) atoms. The van der Waals surface area contributed by atoms with Gasteiger partial charge in [0.15, 0.2) is 0 Å². The van der Waals surface area contributed by atoms with Crippen LogP contribution in [0.15, 0.2) is 12.4 Å². The maximum absolute atomic E-state index is 5.74. The lowest BCUT2D eigenvalue weighted by atomic mass is 10.1. The molecule has 6 nitrogen and oxygen atoms in total. The van der Waals surface area contributed by atoms with Crippen molar-refractivity contribution in [3.63, 3.8) is 0 Å². The predicted molar refractivity (Wildman–Crippen MR) is 73.1 cm³/mol. The molecule has 0 aliphatic carbocycles. The highest BCUT2D eigenvalue weighted by Gasteiger charge is 2.01. The third kappa shape index (κ3) is 7.94. The van der Waals surface area contributed by atoms with Gasteiger partial charge in [-0.25, -0.2) is 0 Å². The van der Waals surface area contributed by atoms with Crippen LogP contribution in [0.4, 0.5) is 0 Å². The standard InChI is InChI=1S/C13H25N3O3/c1-12(14)9-13-10-15-16(11-13)3-4-18-7-8-19-6-5-17-2/h10-12H,3-9,14H2,1-2H3. The largest absolute Gasteiger partial charge is 0.382 e. The lowest BCUT2D eigenvalue weighted by molar-refractivity contribution is 0.0225. The molecule has 0 saturated carbocycles. The van der Waals surface area contributed by atoms with Gasteiger partial charge in [0.2, 0.25) is 0 Å². The van der Waals surface area contributed by atoms with Gasteiger partial charge in [-0.2, -0.15) is 5.10 Å². The van der Waals surface area contributed by atoms with Crippen LogP contribution in [0.3, 0.4) is 0 Å². The van der Waals surface area contributed by atoms with Crippen molar-refractivity contribution in [2.24, 2.45) is 5.73 Å². The molecule has 0 bridgehead atoms. The first-order valence-corrected chi connectivity index (χ1v) is 6.63. The molecule has 1 aromatic rings. The quantitative estimate of drug-likeness (QED) is 0.592. The van der Waals surface area contributed by atoms with E-state index in [2.05, 4.69) is 5.10 Å². The molecule has 1 heterocycles. The van der Waals surface area contributed by atoms with Gasteiger partial charge in [-0.05, 0) is 18.9 Å². The summed E-state index contributed by atoms with van der Waals surface area (Å²) in [4.78, 5) is 0. The Hall–Kier alpha value is -0.950. The molecular formula is C13H25N3O3. The van der Waals surface area contributed by atoms with E-state index < -0.39 is 0 Å². The Kier molecular flexibility index (Phi) is 8.40. The zero-order valence-electron chi connectivity index (χ0n) is 11.9. The molecule has 0 radical (unpaired) electrons. The predicted octanol–water partition coefficient (Wildman–Crippen LogP) is 0.452. The van der Waals surface area contributed by atoms with Gasteiger partial charge < -0.3 is 19.9 Å². The van der Waals surface area contributed by atoms with Crippen molar-refractivity contribution in [2.45, 2.75) is 25.9 Å². The Morgan fingerprint density at radius 3 is 2.58 bits per heavy atom. The van der Waals surface area contributed by atoms with Crippen molar-refractivity contribution in [1.29, 1.82) is 0 Å². The fraction of sp³-hybridized carbons (Fsp3) is 0.769. The molecule has 0 aliphatic heterocycles. The van der Waals surface area contributed by atoms with Gasteiger partial charge in [0.05, 0.1) is 45.8 Å². The topological polar surface area (TPSA) is 71.5 Å². The van der Waals surface area contributed by atoms with Gasteiger partial charge in [-0.15, -0.1) is 0 Å². The van der Waals surface area contributed by atoms with E-state index in [-0.39, 0.29) is 6.04 Å². The molecule has 2 N–H and O–H groups in total. The normalized spacial score (nSPS) is 12.8. The average Bonchev–Trinajstić information content (AvgIpc) is 2.79. The van der Waals surface area contributed by atoms with Crippen LogP contribution in [0.1, 0.15) is 12.5 Å². The van der Waals surface area contributed by atoms with Gasteiger partial charge >= 0.3 is 0 Å². The number of ether oxygens (including phenoxy) is 3. The van der Waals surface area contributed by atoms with E-state index in [1.54, 1.807) is 7.11 Å². The van der Waals surface area contributed by atoms with E-state index in [1.807, 2.05) is 24.0 Å². The Bertz CT molecular complexity index is 329. The van der Waals surface area contributed by atoms with Gasteiger partial charge in [0, 0.05) is 19.3 Å². The monoisotopic (exact) mass is 271 g/mol. The van der Waals surface area contributed by atoms with Gasteiger partial charge in [-0.3, -0.25) is 4.68 Å². The molecule has 1 aromatic heterocycles. The molecule has 1 atom stereocenters. The zero-order chi connectivity index (χ0) is 13.9. The van der Waals surface area contributed by atoms with Crippen molar-refractivity contribution in [3.8, 4) is 0 Å². The lowest BCUT2D eigenvalue weighted by Crippen LogP contribution is -2.17. The van der Waals surface area contributed by atoms with E-state index in [0.29, 0.717) is 33.0 Å². The summed E-state index contributed by atoms with van der Waals surface area (Å²) in [7, 11) is 1.66. The SMILES string of the molecule is COCCOCCOCCn1cc(CC(C)N)cn1. The fourth-order valence-corrected chi connectivity index (χ4v) is 1.63. The van der Waals surface area contributed by atoms with Crippen LogP contribution in [0.2, 0.25) is 0 Å². The van der Waals surface area contributed by atoms with Crippen LogP contribution in [0.5, 0.6) is 0 Å². The number of hydrogen-bond donors (Lipinski definition) is 1. The van der Waals surface area contributed by atoms with Gasteiger partial charge in [-0.1, -0.05) is 0 Å². The molecule has 0 amide bonds. The highest BCUT2D eigenvalue weighted by molar-refractivity contribution is 5.05. The van der Waals surface area contributed by atoms with Crippen molar-refractivity contribution < 1.29 is 14.2 Å². The second-order valence-electron chi connectivity index (χ2n) is 4.51. The first kappa shape index (κ1) is 16.1. The van der Waals surface area contributed by atoms with E-state index in [9.17, 15) is 0 Å². The maximum atomic E-state index is 5.74. The zero-order valence-corrected chi connectivity index (χ0v) is 11.9. The summed E-state index contributed by atoms with van der Waals surface area (Å²) in [6, 6.07) is 0.165. The van der Waals surface area contributed by atoms with Crippen LogP contribution in [-0.4, -0.2) is 56.0 Å². The molecule has 1 unspecified atom stereocenters. The summed E-state index contributed by atoms with van der Waals surface area (Å²) in [6.07, 6.45) is 4.73. The van der Waals surface area contributed by atoms with E-state index in [1.165, 1.54) is 0 Å². The summed E-state index contributed by atoms with van der Waals surface area (Å²) < 4.78 is 17.5. The summed E-state index contributed by atoms with van der Waals surface area (Å²) in [6.45, 7) is 5.79. The molecule has 0 aromatic carbocycles. The summed E-state index contributed by atoms with van der Waals surface area (Å²) in [5.41, 5.74) is 6.90. The molecule has 0 aliphatic rings. The van der Waals surface area contributed by atoms with Crippen molar-refractivity contribution in [3.05, 3.63) is 18.0 Å². The first-order chi connectivity index (χ1) is 9.22. The molecule has 110 valence electrons. The van der Waals surface area contributed by atoms with E-state index in [4.69, 9.17) is 19.9 Å². The minimum absolute atomic E-state index is 0.165. The van der Waals surface area contributed by atoms with Crippen LogP contribution in [-0.2, 0) is 27.2 Å². The van der Waals surface area contributed by atoms with Crippen molar-refractivity contribution >= 4 is 0 Å². The number of aromatic nitrogens is 2. The Balaban J connectivity index is 2.01. The van der Waals surface area contributed by atoms with E-state index >= 15 is 0 Å². The molecule has 1 rings (SSSR count). The Morgan fingerprint density at radius 2 is 1.89 bits per heavy atom. The highest BCUT2D eigenvalue weighted by Crippen LogP contribution is 2.00. The van der Waals surface area contributed by atoms with E-state index in [0.717, 1.165) is 18.5 Å². The number of nitrogens with two attached hydrogens (primary N) is 1. The van der Waals surface area contributed by atoms with Gasteiger partial charge in [0.25, 0.3) is 0 Å². The van der Waals surface area contributed by atoms with Crippen LogP contribution in [0.25, 0.3) is 0 Å². The first-order valence-electron chi connectivity index (χ1n) is 6.63. The second-order valence-corrected chi connectivity index (χ2v) is 4.51. The number of hydrogen-bond acceptors (Lipinski definition) is 5. The number of methoxy groups -OCH3 is 1. The number of rotatable bonds is 11. The summed E-state index contributed by atoms with van der Waals surface area (Å²) in [5, 5.41) is 4.26.